The molecule has 178 valence electrons. The van der Waals surface area contributed by atoms with Gasteiger partial charge < -0.3 is 10.1 Å². The van der Waals surface area contributed by atoms with Gasteiger partial charge in [-0.2, -0.15) is 0 Å². The summed E-state index contributed by atoms with van der Waals surface area (Å²) < 4.78 is 0. The zero-order valence-corrected chi connectivity index (χ0v) is 20.5. The predicted molar refractivity (Wildman–Crippen MR) is 130 cm³/mol. The summed E-state index contributed by atoms with van der Waals surface area (Å²) >= 11 is 0. The van der Waals surface area contributed by atoms with Crippen molar-refractivity contribution < 1.29 is 14.7 Å². The Morgan fingerprint density at radius 3 is 1.61 bits per heavy atom. The topological polar surface area (TPSA) is 70.2 Å². The summed E-state index contributed by atoms with van der Waals surface area (Å²) in [7, 11) is 0. The molecule has 4 nitrogen and oxygen atoms in total. The minimum absolute atomic E-state index is 0.0542. The number of carbonyl (C=O) groups is 2. The highest BCUT2D eigenvalue weighted by Crippen LogP contribution is 2.22. The normalized spacial score (nSPS) is 11.2. The van der Waals surface area contributed by atoms with Crippen LogP contribution in [-0.2, 0) is 11.2 Å². The van der Waals surface area contributed by atoms with Crippen LogP contribution < -0.4 is 0 Å². The van der Waals surface area contributed by atoms with Gasteiger partial charge in [-0.15, -0.1) is 0 Å². The number of carbonyl (C=O) groups excluding carboxylic acids is 1. The first-order chi connectivity index (χ1) is 15.0. The van der Waals surface area contributed by atoms with Crippen LogP contribution in [-0.4, -0.2) is 21.8 Å². The molecule has 0 radical (unpaired) electrons. The molecule has 2 N–H and O–H groups in total. The fourth-order valence-electron chi connectivity index (χ4n) is 4.38. The molecule has 0 aliphatic heterocycles. The Morgan fingerprint density at radius 1 is 0.710 bits per heavy atom. The van der Waals surface area contributed by atoms with Gasteiger partial charge in [0.05, 0.1) is 6.42 Å². The van der Waals surface area contributed by atoms with Crippen LogP contribution in [0.3, 0.4) is 0 Å². The van der Waals surface area contributed by atoms with Gasteiger partial charge >= 0.3 is 5.97 Å². The van der Waals surface area contributed by atoms with Gasteiger partial charge in [0.15, 0.2) is 5.78 Å². The van der Waals surface area contributed by atoms with Gasteiger partial charge in [-0.3, -0.25) is 9.59 Å². The van der Waals surface area contributed by atoms with Crippen molar-refractivity contribution in [2.24, 2.45) is 0 Å². The molecule has 0 aromatic carbocycles. The number of rotatable bonds is 20. The molecule has 0 unspecified atom stereocenters. The van der Waals surface area contributed by atoms with E-state index in [-0.39, 0.29) is 12.2 Å². The molecule has 1 aromatic rings. The predicted octanol–water partition coefficient (Wildman–Crippen LogP) is 8.09. The molecule has 4 heteroatoms. The van der Waals surface area contributed by atoms with Gasteiger partial charge in [0.1, 0.15) is 0 Å². The third-order valence-corrected chi connectivity index (χ3v) is 6.45. The molecule has 0 amide bonds. The van der Waals surface area contributed by atoms with Crippen LogP contribution in [0.25, 0.3) is 0 Å². The average Bonchev–Trinajstić information content (AvgIpc) is 3.02. The zero-order valence-electron chi connectivity index (χ0n) is 20.5. The monoisotopic (exact) mass is 433 g/mol. The summed E-state index contributed by atoms with van der Waals surface area (Å²) in [6.45, 7) is 6.17. The van der Waals surface area contributed by atoms with Crippen molar-refractivity contribution >= 4 is 11.8 Å². The smallest absolute Gasteiger partial charge is 0.303 e. The van der Waals surface area contributed by atoms with E-state index in [0.29, 0.717) is 12.8 Å². The van der Waals surface area contributed by atoms with E-state index in [1.807, 2.05) is 13.8 Å². The van der Waals surface area contributed by atoms with E-state index in [9.17, 15) is 9.59 Å². The van der Waals surface area contributed by atoms with Crippen LogP contribution in [0.15, 0.2) is 0 Å². The van der Waals surface area contributed by atoms with E-state index in [2.05, 4.69) is 11.9 Å². The Morgan fingerprint density at radius 2 is 1.16 bits per heavy atom. The summed E-state index contributed by atoms with van der Waals surface area (Å²) in [6, 6.07) is 0. The van der Waals surface area contributed by atoms with Crippen molar-refractivity contribution in [2.45, 2.75) is 136 Å². The molecule has 0 fully saturated rings. The number of aromatic amines is 1. The Hall–Kier alpha value is -1.58. The maximum Gasteiger partial charge on any atom is 0.303 e. The lowest BCUT2D eigenvalue weighted by Crippen LogP contribution is -2.06. The number of carboxylic acids is 1. The number of H-pyrrole nitrogens is 1. The standard InChI is InChI=1S/C27H47NO3/c1-4-5-6-7-8-9-10-11-12-13-14-15-16-17-18-19-25(29)27-22(2)23(3)28-24(27)20-21-26(30)31/h28H,4-21H2,1-3H3,(H,30,31). The van der Waals surface area contributed by atoms with Crippen molar-refractivity contribution in [1.82, 2.24) is 4.98 Å². The van der Waals surface area contributed by atoms with E-state index < -0.39 is 5.97 Å². The lowest BCUT2D eigenvalue weighted by molar-refractivity contribution is -0.136. The van der Waals surface area contributed by atoms with Crippen LogP contribution in [0, 0.1) is 13.8 Å². The van der Waals surface area contributed by atoms with Gasteiger partial charge in [0.2, 0.25) is 0 Å². The Balaban J connectivity index is 2.07. The van der Waals surface area contributed by atoms with Crippen molar-refractivity contribution in [3.63, 3.8) is 0 Å². The van der Waals surface area contributed by atoms with Crippen molar-refractivity contribution in [1.29, 1.82) is 0 Å². The van der Waals surface area contributed by atoms with E-state index >= 15 is 0 Å². The first-order valence-corrected chi connectivity index (χ1v) is 12.9. The van der Waals surface area contributed by atoms with Gasteiger partial charge in [-0.05, 0) is 32.3 Å². The molecule has 0 atom stereocenters. The highest BCUT2D eigenvalue weighted by Gasteiger charge is 2.18. The number of hydrogen-bond acceptors (Lipinski definition) is 2. The molecule has 0 aliphatic rings. The van der Waals surface area contributed by atoms with Crippen molar-refractivity contribution in [2.75, 3.05) is 0 Å². The second-order valence-electron chi connectivity index (χ2n) is 9.25. The van der Waals surface area contributed by atoms with Crippen LogP contribution >= 0.6 is 0 Å². The number of unbranched alkanes of at least 4 members (excludes halogenated alkanes) is 14. The number of hydrogen-bond donors (Lipinski definition) is 2. The fourth-order valence-corrected chi connectivity index (χ4v) is 4.38. The molecule has 0 bridgehead atoms. The maximum atomic E-state index is 12.7. The average molecular weight is 434 g/mol. The highest BCUT2D eigenvalue weighted by atomic mass is 16.4. The summed E-state index contributed by atoms with van der Waals surface area (Å²) in [5.74, 6) is -0.664. The fraction of sp³-hybridized carbons (Fsp3) is 0.778. The van der Waals surface area contributed by atoms with Crippen LogP contribution in [0.2, 0.25) is 0 Å². The minimum atomic E-state index is -0.828. The second-order valence-corrected chi connectivity index (χ2v) is 9.25. The first-order valence-electron chi connectivity index (χ1n) is 12.9. The molecule has 0 saturated heterocycles. The van der Waals surface area contributed by atoms with Crippen LogP contribution in [0.4, 0.5) is 0 Å². The Labute approximate surface area is 190 Å². The number of aliphatic carboxylic acids is 1. The summed E-state index contributed by atoms with van der Waals surface area (Å²) in [4.78, 5) is 26.8. The molecule has 0 aliphatic carbocycles. The number of aryl methyl sites for hydroxylation is 2. The Bertz CT molecular complexity index is 633. The molecule has 0 saturated carbocycles. The van der Waals surface area contributed by atoms with Gasteiger partial charge in [-0.25, -0.2) is 0 Å². The maximum absolute atomic E-state index is 12.7. The molecule has 0 spiro atoms. The van der Waals surface area contributed by atoms with Crippen molar-refractivity contribution in [3.8, 4) is 0 Å². The molecular formula is C27H47NO3. The van der Waals surface area contributed by atoms with Crippen LogP contribution in [0.5, 0.6) is 0 Å². The van der Waals surface area contributed by atoms with E-state index in [1.54, 1.807) is 0 Å². The minimum Gasteiger partial charge on any atom is -0.481 e. The summed E-state index contributed by atoms with van der Waals surface area (Å²) in [6.07, 6.45) is 20.8. The van der Waals surface area contributed by atoms with E-state index in [0.717, 1.165) is 35.4 Å². The van der Waals surface area contributed by atoms with Gasteiger partial charge in [0, 0.05) is 23.4 Å². The van der Waals surface area contributed by atoms with Gasteiger partial charge in [-0.1, -0.05) is 96.8 Å². The largest absolute Gasteiger partial charge is 0.481 e. The summed E-state index contributed by atoms with van der Waals surface area (Å²) in [5, 5.41) is 8.93. The van der Waals surface area contributed by atoms with E-state index in [1.165, 1.54) is 83.5 Å². The highest BCUT2D eigenvalue weighted by molar-refractivity contribution is 5.99. The number of nitrogens with one attached hydrogen (secondary N) is 1. The first kappa shape index (κ1) is 27.5. The molecular weight excluding hydrogens is 386 g/mol. The third kappa shape index (κ3) is 12.1. The zero-order chi connectivity index (χ0) is 22.9. The molecule has 1 aromatic heterocycles. The Kier molecular flexibility index (Phi) is 15.1. The SMILES string of the molecule is CCCCCCCCCCCCCCCCCC(=O)c1c(CCC(=O)O)[nH]c(C)c1C. The number of Topliss-reactive ketones (excluding diaryl/α,β-unsaturated/α-hetero) is 1. The second kappa shape index (κ2) is 17.0. The van der Waals surface area contributed by atoms with Crippen LogP contribution in [0.1, 0.15) is 143 Å². The van der Waals surface area contributed by atoms with E-state index in [4.69, 9.17) is 5.11 Å². The number of aromatic nitrogens is 1. The van der Waals surface area contributed by atoms with Gasteiger partial charge in [0.25, 0.3) is 0 Å². The quantitative estimate of drug-likeness (QED) is 0.161. The third-order valence-electron chi connectivity index (χ3n) is 6.45. The number of carboxylic acid groups (broad SMARTS) is 1. The van der Waals surface area contributed by atoms with Crippen molar-refractivity contribution in [3.05, 3.63) is 22.5 Å². The molecule has 31 heavy (non-hydrogen) atoms. The molecule has 1 rings (SSSR count). The molecule has 1 heterocycles. The lowest BCUT2D eigenvalue weighted by Gasteiger charge is -2.05. The lowest BCUT2D eigenvalue weighted by atomic mass is 9.98. The summed E-state index contributed by atoms with van der Waals surface area (Å²) in [5.41, 5.74) is 3.49. The number of ketones is 1.